The third-order valence-corrected chi connectivity index (χ3v) is 4.15. The first-order valence-electron chi connectivity index (χ1n) is 7.65. The Labute approximate surface area is 131 Å². The second kappa shape index (κ2) is 5.84. The predicted octanol–water partition coefficient (Wildman–Crippen LogP) is 2.92. The van der Waals surface area contributed by atoms with Crippen LogP contribution in [0.25, 0.3) is 0 Å². The Hall–Kier alpha value is -2.28. The van der Waals surface area contributed by atoms with Crippen molar-refractivity contribution in [1.82, 2.24) is 9.88 Å². The highest BCUT2D eigenvalue weighted by Crippen LogP contribution is 2.51. The summed E-state index contributed by atoms with van der Waals surface area (Å²) >= 11 is 0. The summed E-state index contributed by atoms with van der Waals surface area (Å²) in [5, 5.41) is 0. The number of likely N-dealkylation sites (tertiary alicyclic amines) is 1. The van der Waals surface area contributed by atoms with E-state index in [2.05, 4.69) is 16.8 Å². The molecule has 1 saturated carbocycles. The third-order valence-electron chi connectivity index (χ3n) is 4.15. The van der Waals surface area contributed by atoms with Crippen LogP contribution in [0.3, 0.4) is 0 Å². The molecule has 22 heavy (non-hydrogen) atoms. The highest BCUT2D eigenvalue weighted by molar-refractivity contribution is 5.69. The second-order valence-corrected chi connectivity index (χ2v) is 6.14. The molecule has 1 aromatic heterocycles. The Morgan fingerprint density at radius 1 is 1.45 bits per heavy atom. The number of carbonyl (C=O) groups is 1. The lowest BCUT2D eigenvalue weighted by Crippen LogP contribution is -2.62. The Morgan fingerprint density at radius 3 is 2.91 bits per heavy atom. The fraction of sp³-hybridized carbons (Fsp3) is 0.444. The molecule has 0 radical (unpaired) electrons. The maximum Gasteiger partial charge on any atom is 0.409 e. The van der Waals surface area contributed by atoms with Gasteiger partial charge in [0.15, 0.2) is 0 Å². The standard InChI is InChI=1S/C18H20N2O2/c1-3-22-17(21)20-12-18(13-20)10-15(11-18)7-5-9-16-8-4-6-14(2)19-16/h4,6-8H,3,10-13H2,1-2H3. The fourth-order valence-corrected chi connectivity index (χ4v) is 3.17. The Kier molecular flexibility index (Phi) is 3.89. The van der Waals surface area contributed by atoms with Crippen LogP contribution in [0.2, 0.25) is 0 Å². The number of ether oxygens (including phenoxy) is 1. The highest BCUT2D eigenvalue weighted by atomic mass is 16.6. The summed E-state index contributed by atoms with van der Waals surface area (Å²) in [4.78, 5) is 17.7. The average Bonchev–Trinajstić information content (AvgIpc) is 2.39. The van der Waals surface area contributed by atoms with E-state index in [-0.39, 0.29) is 6.09 Å². The number of hydrogen-bond acceptors (Lipinski definition) is 3. The van der Waals surface area contributed by atoms with Gasteiger partial charge in [0.25, 0.3) is 0 Å². The zero-order chi connectivity index (χ0) is 15.6. The van der Waals surface area contributed by atoms with Gasteiger partial charge in [0.2, 0.25) is 0 Å². The molecule has 0 aromatic carbocycles. The fourth-order valence-electron chi connectivity index (χ4n) is 3.17. The van der Waals surface area contributed by atoms with Crippen LogP contribution in [0.1, 0.15) is 31.2 Å². The molecule has 1 spiro atoms. The van der Waals surface area contributed by atoms with Gasteiger partial charge in [-0.25, -0.2) is 9.78 Å². The molecule has 2 aliphatic rings. The van der Waals surface area contributed by atoms with E-state index < -0.39 is 0 Å². The van der Waals surface area contributed by atoms with E-state index in [0.717, 1.165) is 37.3 Å². The molecule has 2 heterocycles. The van der Waals surface area contributed by atoms with E-state index in [1.165, 1.54) is 5.57 Å². The third kappa shape index (κ3) is 2.99. The molecule has 2 fully saturated rings. The van der Waals surface area contributed by atoms with Crippen molar-refractivity contribution >= 4 is 6.09 Å². The Morgan fingerprint density at radius 2 is 2.23 bits per heavy atom. The molecule has 0 unspecified atom stereocenters. The molecular weight excluding hydrogens is 276 g/mol. The molecule has 1 aliphatic heterocycles. The minimum Gasteiger partial charge on any atom is -0.450 e. The predicted molar refractivity (Wildman–Crippen MR) is 84.2 cm³/mol. The summed E-state index contributed by atoms with van der Waals surface area (Å²) < 4.78 is 5.00. The molecule has 114 valence electrons. The number of rotatable bonds is 1. The number of pyridine rings is 1. The van der Waals surface area contributed by atoms with Gasteiger partial charge in [0.05, 0.1) is 6.61 Å². The maximum absolute atomic E-state index is 11.6. The molecule has 1 aliphatic carbocycles. The SMILES string of the molecule is CCOC(=O)N1CC2(CC(=CC#Cc3cccc(C)n3)C2)C1. The summed E-state index contributed by atoms with van der Waals surface area (Å²) in [5.74, 6) is 6.16. The maximum atomic E-state index is 11.6. The number of carbonyl (C=O) groups excluding carboxylic acids is 1. The molecule has 0 atom stereocenters. The monoisotopic (exact) mass is 296 g/mol. The number of aromatic nitrogens is 1. The molecule has 1 aromatic rings. The molecule has 4 heteroatoms. The zero-order valence-electron chi connectivity index (χ0n) is 13.1. The van der Waals surface area contributed by atoms with Crippen LogP contribution in [-0.4, -0.2) is 35.7 Å². The lowest BCUT2D eigenvalue weighted by molar-refractivity contribution is -0.0260. The van der Waals surface area contributed by atoms with Crippen molar-refractivity contribution < 1.29 is 9.53 Å². The van der Waals surface area contributed by atoms with Gasteiger partial charge in [-0.15, -0.1) is 0 Å². The van der Waals surface area contributed by atoms with Crippen molar-refractivity contribution in [3.05, 3.63) is 41.2 Å². The quantitative estimate of drug-likeness (QED) is 0.748. The summed E-state index contributed by atoms with van der Waals surface area (Å²) in [6.45, 7) is 5.87. The van der Waals surface area contributed by atoms with Crippen LogP contribution < -0.4 is 0 Å². The van der Waals surface area contributed by atoms with Crippen molar-refractivity contribution in [3.63, 3.8) is 0 Å². The van der Waals surface area contributed by atoms with Crippen molar-refractivity contribution in [2.75, 3.05) is 19.7 Å². The van der Waals surface area contributed by atoms with Crippen LogP contribution in [0, 0.1) is 24.2 Å². The van der Waals surface area contributed by atoms with Crippen LogP contribution in [-0.2, 0) is 4.74 Å². The van der Waals surface area contributed by atoms with Crippen molar-refractivity contribution in [2.45, 2.75) is 26.7 Å². The molecular formula is C18H20N2O2. The largest absolute Gasteiger partial charge is 0.450 e. The van der Waals surface area contributed by atoms with Crippen LogP contribution in [0.5, 0.6) is 0 Å². The summed E-state index contributed by atoms with van der Waals surface area (Å²) in [6.07, 6.45) is 3.90. The van der Waals surface area contributed by atoms with E-state index >= 15 is 0 Å². The smallest absolute Gasteiger partial charge is 0.409 e. The first-order chi connectivity index (χ1) is 10.6. The van der Waals surface area contributed by atoms with Crippen LogP contribution in [0.15, 0.2) is 29.8 Å². The van der Waals surface area contributed by atoms with Crippen molar-refractivity contribution in [2.24, 2.45) is 5.41 Å². The molecule has 0 N–H and O–H groups in total. The van der Waals surface area contributed by atoms with Gasteiger partial charge in [0, 0.05) is 24.2 Å². The first kappa shape index (κ1) is 14.6. The first-order valence-corrected chi connectivity index (χ1v) is 7.65. The number of nitrogens with zero attached hydrogens (tertiary/aromatic N) is 2. The van der Waals surface area contributed by atoms with Gasteiger partial charge in [-0.1, -0.05) is 17.6 Å². The molecule has 3 rings (SSSR count). The van der Waals surface area contributed by atoms with Gasteiger partial charge in [-0.2, -0.15) is 0 Å². The van der Waals surface area contributed by atoms with E-state index in [0.29, 0.717) is 12.0 Å². The van der Waals surface area contributed by atoms with Crippen LogP contribution in [0.4, 0.5) is 4.79 Å². The minimum atomic E-state index is -0.184. The summed E-state index contributed by atoms with van der Waals surface area (Å²) in [5.41, 5.74) is 3.45. The molecule has 4 nitrogen and oxygen atoms in total. The Bertz CT molecular complexity index is 666. The average molecular weight is 296 g/mol. The normalized spacial score (nSPS) is 17.9. The van der Waals surface area contributed by atoms with Gasteiger partial charge in [-0.05, 0) is 50.8 Å². The topological polar surface area (TPSA) is 42.4 Å². The lowest BCUT2D eigenvalue weighted by atomic mass is 9.61. The zero-order valence-corrected chi connectivity index (χ0v) is 13.1. The number of allylic oxidation sites excluding steroid dienone is 2. The second-order valence-electron chi connectivity index (χ2n) is 6.14. The van der Waals surface area contributed by atoms with Crippen molar-refractivity contribution in [3.8, 4) is 11.8 Å². The molecule has 1 saturated heterocycles. The van der Waals surface area contributed by atoms with Gasteiger partial charge in [-0.3, -0.25) is 0 Å². The van der Waals surface area contributed by atoms with Crippen LogP contribution >= 0.6 is 0 Å². The molecule has 0 bridgehead atoms. The Balaban J connectivity index is 1.50. The summed E-state index contributed by atoms with van der Waals surface area (Å²) in [6, 6.07) is 5.85. The van der Waals surface area contributed by atoms with E-state index in [4.69, 9.17) is 4.74 Å². The van der Waals surface area contributed by atoms with Gasteiger partial charge in [0.1, 0.15) is 5.69 Å². The highest BCUT2D eigenvalue weighted by Gasteiger charge is 2.51. The van der Waals surface area contributed by atoms with Crippen molar-refractivity contribution in [1.29, 1.82) is 0 Å². The van der Waals surface area contributed by atoms with E-state index in [9.17, 15) is 4.79 Å². The number of amides is 1. The van der Waals surface area contributed by atoms with Gasteiger partial charge >= 0.3 is 6.09 Å². The summed E-state index contributed by atoms with van der Waals surface area (Å²) in [7, 11) is 0. The minimum absolute atomic E-state index is 0.184. The van der Waals surface area contributed by atoms with Gasteiger partial charge < -0.3 is 9.64 Å². The molecule has 1 amide bonds. The number of aryl methyl sites for hydroxylation is 1. The lowest BCUT2D eigenvalue weighted by Gasteiger charge is -2.56. The van der Waals surface area contributed by atoms with E-state index in [1.807, 2.05) is 38.1 Å². The number of hydrogen-bond donors (Lipinski definition) is 0. The van der Waals surface area contributed by atoms with E-state index in [1.54, 1.807) is 4.90 Å².